The van der Waals surface area contributed by atoms with E-state index in [2.05, 4.69) is 0 Å². The molecule has 18 heavy (non-hydrogen) atoms. The summed E-state index contributed by atoms with van der Waals surface area (Å²) in [6.45, 7) is -0.0455. The summed E-state index contributed by atoms with van der Waals surface area (Å²) >= 11 is 0. The van der Waals surface area contributed by atoms with Crippen molar-refractivity contribution in [2.75, 3.05) is 13.7 Å². The van der Waals surface area contributed by atoms with Crippen LogP contribution in [0.25, 0.3) is 5.76 Å². The van der Waals surface area contributed by atoms with Gasteiger partial charge in [0.25, 0.3) is 0 Å². The lowest BCUT2D eigenvalue weighted by atomic mass is 10.0. The second kappa shape index (κ2) is 4.37. The van der Waals surface area contributed by atoms with E-state index in [9.17, 15) is 4.79 Å². The Balaban J connectivity index is 2.22. The van der Waals surface area contributed by atoms with Crippen LogP contribution in [-0.2, 0) is 16.0 Å². The average Bonchev–Trinajstić information content (AvgIpc) is 2.67. The monoisotopic (exact) mass is 246 g/mol. The largest absolute Gasteiger partial charge is 0.496 e. The van der Waals surface area contributed by atoms with Crippen LogP contribution < -0.4 is 9.47 Å². The first-order valence-electron chi connectivity index (χ1n) is 6.03. The van der Waals surface area contributed by atoms with Gasteiger partial charge in [-0.05, 0) is 37.5 Å². The van der Waals surface area contributed by atoms with E-state index < -0.39 is 0 Å². The van der Waals surface area contributed by atoms with Crippen molar-refractivity contribution >= 4 is 11.7 Å². The number of hydrogen-bond acceptors (Lipinski definition) is 4. The molecule has 94 valence electrons. The number of hydrogen-bond donors (Lipinski definition) is 0. The van der Waals surface area contributed by atoms with Crippen molar-refractivity contribution in [1.29, 1.82) is 0 Å². The van der Waals surface area contributed by atoms with Gasteiger partial charge in [0.2, 0.25) is 0 Å². The van der Waals surface area contributed by atoms with Crippen LogP contribution in [0.3, 0.4) is 0 Å². The third-order valence-electron chi connectivity index (χ3n) is 3.23. The van der Waals surface area contributed by atoms with Crippen LogP contribution in [0.15, 0.2) is 18.2 Å². The summed E-state index contributed by atoms with van der Waals surface area (Å²) in [4.78, 5) is 11.5. The van der Waals surface area contributed by atoms with Gasteiger partial charge in [-0.1, -0.05) is 0 Å². The Hall–Kier alpha value is -1.97. The highest BCUT2D eigenvalue weighted by Gasteiger charge is 2.26. The van der Waals surface area contributed by atoms with E-state index in [1.165, 1.54) is 0 Å². The van der Waals surface area contributed by atoms with Crippen molar-refractivity contribution in [2.24, 2.45) is 0 Å². The van der Waals surface area contributed by atoms with Crippen molar-refractivity contribution in [1.82, 2.24) is 0 Å². The van der Waals surface area contributed by atoms with E-state index >= 15 is 0 Å². The van der Waals surface area contributed by atoms with E-state index in [1.807, 2.05) is 18.2 Å². The molecule has 4 heteroatoms. The minimum absolute atomic E-state index is 0.0455. The maximum Gasteiger partial charge on any atom is 0.349 e. The lowest BCUT2D eigenvalue weighted by molar-refractivity contribution is -0.138. The van der Waals surface area contributed by atoms with Crippen molar-refractivity contribution in [2.45, 2.75) is 19.3 Å². The predicted octanol–water partition coefficient (Wildman–Crippen LogP) is 2.31. The Morgan fingerprint density at radius 3 is 3.06 bits per heavy atom. The van der Waals surface area contributed by atoms with E-state index in [0.717, 1.165) is 36.1 Å². The molecule has 1 aromatic carbocycles. The molecule has 0 radical (unpaired) electrons. The summed E-state index contributed by atoms with van der Waals surface area (Å²) in [5.41, 5.74) is 1.94. The molecule has 4 nitrogen and oxygen atoms in total. The molecule has 1 aliphatic heterocycles. The standard InChI is InChI=1S/C14H14O4/c1-16-10-6-7-11-14-9(10)4-2-3-5-12(14)18-13(15)8-17-11/h5-7H,2-4,8H2,1H3. The van der Waals surface area contributed by atoms with Crippen LogP contribution >= 0.6 is 0 Å². The van der Waals surface area contributed by atoms with Gasteiger partial charge in [0.15, 0.2) is 6.61 Å². The molecule has 2 aliphatic rings. The molecular weight excluding hydrogens is 232 g/mol. The van der Waals surface area contributed by atoms with Crippen molar-refractivity contribution in [3.8, 4) is 11.5 Å². The molecule has 0 spiro atoms. The van der Waals surface area contributed by atoms with Crippen LogP contribution in [-0.4, -0.2) is 19.7 Å². The maximum absolute atomic E-state index is 11.5. The smallest absolute Gasteiger partial charge is 0.349 e. The highest BCUT2D eigenvalue weighted by molar-refractivity contribution is 5.84. The molecular formula is C14H14O4. The zero-order valence-electron chi connectivity index (χ0n) is 10.2. The van der Waals surface area contributed by atoms with E-state index in [4.69, 9.17) is 14.2 Å². The molecule has 1 aliphatic carbocycles. The number of esters is 1. The van der Waals surface area contributed by atoms with E-state index in [0.29, 0.717) is 11.5 Å². The lowest BCUT2D eigenvalue weighted by Crippen LogP contribution is -2.10. The zero-order chi connectivity index (χ0) is 12.5. The van der Waals surface area contributed by atoms with Gasteiger partial charge in [0.1, 0.15) is 17.3 Å². The fourth-order valence-electron chi connectivity index (χ4n) is 2.43. The van der Waals surface area contributed by atoms with Crippen LogP contribution in [0, 0.1) is 0 Å². The van der Waals surface area contributed by atoms with Gasteiger partial charge < -0.3 is 14.2 Å². The maximum atomic E-state index is 11.5. The van der Waals surface area contributed by atoms with Crippen molar-refractivity contribution in [3.63, 3.8) is 0 Å². The van der Waals surface area contributed by atoms with Gasteiger partial charge in [0.05, 0.1) is 12.7 Å². The van der Waals surface area contributed by atoms with Gasteiger partial charge in [-0.3, -0.25) is 0 Å². The molecule has 1 aromatic rings. The van der Waals surface area contributed by atoms with Gasteiger partial charge in [-0.15, -0.1) is 0 Å². The molecule has 1 heterocycles. The molecule has 0 atom stereocenters. The Labute approximate surface area is 105 Å². The third kappa shape index (κ3) is 1.74. The van der Waals surface area contributed by atoms with E-state index in [-0.39, 0.29) is 12.6 Å². The SMILES string of the molecule is COc1ccc2c3c1CCCC=C3OC(=O)CO2. The van der Waals surface area contributed by atoms with Gasteiger partial charge in [0, 0.05) is 5.56 Å². The first-order valence-corrected chi connectivity index (χ1v) is 6.03. The van der Waals surface area contributed by atoms with Gasteiger partial charge in [-0.25, -0.2) is 4.79 Å². The van der Waals surface area contributed by atoms with Gasteiger partial charge >= 0.3 is 5.97 Å². The average molecular weight is 246 g/mol. The Kier molecular flexibility index (Phi) is 2.70. The number of allylic oxidation sites excluding steroid dienone is 1. The predicted molar refractivity (Wildman–Crippen MR) is 65.5 cm³/mol. The van der Waals surface area contributed by atoms with Crippen LogP contribution in [0.1, 0.15) is 24.0 Å². The molecule has 0 fully saturated rings. The Morgan fingerprint density at radius 1 is 1.33 bits per heavy atom. The Bertz CT molecular complexity index is 531. The van der Waals surface area contributed by atoms with Crippen LogP contribution in [0.4, 0.5) is 0 Å². The van der Waals surface area contributed by atoms with Crippen molar-refractivity contribution in [3.05, 3.63) is 29.3 Å². The normalized spacial score (nSPS) is 17.6. The van der Waals surface area contributed by atoms with Gasteiger partial charge in [-0.2, -0.15) is 0 Å². The van der Waals surface area contributed by atoms with Crippen LogP contribution in [0.2, 0.25) is 0 Å². The number of benzene rings is 1. The lowest BCUT2D eigenvalue weighted by Gasteiger charge is -2.14. The molecule has 0 N–H and O–H groups in total. The fourth-order valence-corrected chi connectivity index (χ4v) is 2.43. The first kappa shape index (κ1) is 11.1. The zero-order valence-corrected chi connectivity index (χ0v) is 10.2. The fraction of sp³-hybridized carbons (Fsp3) is 0.357. The third-order valence-corrected chi connectivity index (χ3v) is 3.23. The summed E-state index contributed by atoms with van der Waals surface area (Å²) in [6, 6.07) is 3.71. The quantitative estimate of drug-likeness (QED) is 0.713. The summed E-state index contributed by atoms with van der Waals surface area (Å²) in [6.07, 6.45) is 4.75. The summed E-state index contributed by atoms with van der Waals surface area (Å²) < 4.78 is 16.2. The topological polar surface area (TPSA) is 44.8 Å². The number of rotatable bonds is 1. The van der Waals surface area contributed by atoms with E-state index in [1.54, 1.807) is 7.11 Å². The number of methoxy groups -OCH3 is 1. The molecule has 0 aromatic heterocycles. The highest BCUT2D eigenvalue weighted by atomic mass is 16.6. The summed E-state index contributed by atoms with van der Waals surface area (Å²) in [5.74, 6) is 1.77. The summed E-state index contributed by atoms with van der Waals surface area (Å²) in [5, 5.41) is 0. The molecule has 0 bridgehead atoms. The first-order chi connectivity index (χ1) is 8.79. The number of ether oxygens (including phenoxy) is 3. The highest BCUT2D eigenvalue weighted by Crippen LogP contribution is 2.40. The van der Waals surface area contributed by atoms with Crippen molar-refractivity contribution < 1.29 is 19.0 Å². The second-order valence-electron chi connectivity index (χ2n) is 4.34. The van der Waals surface area contributed by atoms with Crippen LogP contribution in [0.5, 0.6) is 11.5 Å². The minimum Gasteiger partial charge on any atom is -0.496 e. The molecule has 0 saturated carbocycles. The second-order valence-corrected chi connectivity index (χ2v) is 4.34. The molecule has 0 amide bonds. The minimum atomic E-state index is -0.357. The number of carbonyl (C=O) groups is 1. The Morgan fingerprint density at radius 2 is 2.22 bits per heavy atom. The molecule has 3 rings (SSSR count). The molecule has 0 saturated heterocycles. The molecule has 0 unspecified atom stereocenters. The summed E-state index contributed by atoms with van der Waals surface area (Å²) in [7, 11) is 1.65. The number of carbonyl (C=O) groups excluding carboxylic acids is 1.